The molecular formula is C9H17NO2. The summed E-state index contributed by atoms with van der Waals surface area (Å²) in [5, 5.41) is 9.40. The second-order valence-electron chi connectivity index (χ2n) is 2.97. The van der Waals surface area contributed by atoms with Crippen LogP contribution in [0.15, 0.2) is 12.2 Å². The number of hydrogen-bond acceptors (Lipinski definition) is 2. The highest BCUT2D eigenvalue weighted by atomic mass is 16.3. The van der Waals surface area contributed by atoms with Crippen LogP contribution >= 0.6 is 0 Å². The van der Waals surface area contributed by atoms with Crippen molar-refractivity contribution in [2.45, 2.75) is 32.9 Å². The molecule has 0 saturated carbocycles. The lowest BCUT2D eigenvalue weighted by molar-refractivity contribution is -0.134. The summed E-state index contributed by atoms with van der Waals surface area (Å²) in [7, 11) is 1.58. The molecule has 0 aliphatic rings. The lowest BCUT2D eigenvalue weighted by atomic mass is 10.2. The van der Waals surface area contributed by atoms with Crippen LogP contribution < -0.4 is 0 Å². The van der Waals surface area contributed by atoms with Gasteiger partial charge in [0.15, 0.2) is 0 Å². The van der Waals surface area contributed by atoms with E-state index in [0.29, 0.717) is 12.0 Å². The molecule has 0 rings (SSSR count). The van der Waals surface area contributed by atoms with Gasteiger partial charge in [-0.3, -0.25) is 4.79 Å². The maximum atomic E-state index is 11.2. The minimum atomic E-state index is -0.681. The molecule has 0 bridgehead atoms. The van der Waals surface area contributed by atoms with Gasteiger partial charge >= 0.3 is 0 Å². The fraction of sp³-hybridized carbons (Fsp3) is 0.667. The van der Waals surface area contributed by atoms with Crippen molar-refractivity contribution >= 4 is 5.91 Å². The number of rotatable bonds is 4. The molecule has 0 heterocycles. The van der Waals surface area contributed by atoms with E-state index in [-0.39, 0.29) is 5.91 Å². The molecule has 1 N–H and O–H groups in total. The standard InChI is InChI=1S/C9H17NO2/c1-5-6-8(11)10(4)9(12)7(2)3/h8,11H,2,5-6H2,1,3-4H3. The smallest absolute Gasteiger partial charge is 0.250 e. The topological polar surface area (TPSA) is 40.5 Å². The van der Waals surface area contributed by atoms with Gasteiger partial charge in [-0.1, -0.05) is 19.9 Å². The van der Waals surface area contributed by atoms with E-state index in [9.17, 15) is 9.90 Å². The molecule has 0 aliphatic heterocycles. The number of hydrogen-bond donors (Lipinski definition) is 1. The third-order valence-electron chi connectivity index (χ3n) is 1.68. The molecule has 0 aliphatic carbocycles. The molecular weight excluding hydrogens is 154 g/mol. The Balaban J connectivity index is 4.09. The fourth-order valence-corrected chi connectivity index (χ4v) is 0.888. The second kappa shape index (κ2) is 4.93. The molecule has 0 aromatic rings. The molecule has 1 amide bonds. The van der Waals surface area contributed by atoms with Crippen LogP contribution in [-0.2, 0) is 4.79 Å². The van der Waals surface area contributed by atoms with E-state index >= 15 is 0 Å². The van der Waals surface area contributed by atoms with Crippen LogP contribution in [0.2, 0.25) is 0 Å². The Kier molecular flexibility index (Phi) is 4.59. The molecule has 1 atom stereocenters. The zero-order valence-electron chi connectivity index (χ0n) is 8.00. The minimum absolute atomic E-state index is 0.198. The summed E-state index contributed by atoms with van der Waals surface area (Å²) in [6.07, 6.45) is 0.781. The summed E-state index contributed by atoms with van der Waals surface area (Å²) in [6, 6.07) is 0. The Morgan fingerprint density at radius 1 is 1.67 bits per heavy atom. The lowest BCUT2D eigenvalue weighted by Gasteiger charge is -2.23. The third kappa shape index (κ3) is 3.05. The zero-order valence-corrected chi connectivity index (χ0v) is 8.00. The first-order valence-corrected chi connectivity index (χ1v) is 4.11. The van der Waals surface area contributed by atoms with Crippen LogP contribution in [0.25, 0.3) is 0 Å². The van der Waals surface area contributed by atoms with Gasteiger partial charge in [0.1, 0.15) is 6.23 Å². The fourth-order valence-electron chi connectivity index (χ4n) is 0.888. The predicted molar refractivity (Wildman–Crippen MR) is 48.5 cm³/mol. The summed E-state index contributed by atoms with van der Waals surface area (Å²) >= 11 is 0. The molecule has 0 saturated heterocycles. The van der Waals surface area contributed by atoms with Crippen molar-refractivity contribution in [1.82, 2.24) is 4.90 Å². The number of aliphatic hydroxyl groups excluding tert-OH is 1. The van der Waals surface area contributed by atoms with Crippen molar-refractivity contribution in [3.8, 4) is 0 Å². The van der Waals surface area contributed by atoms with Crippen molar-refractivity contribution in [2.24, 2.45) is 0 Å². The number of carbonyl (C=O) groups is 1. The highest BCUT2D eigenvalue weighted by Crippen LogP contribution is 2.04. The Morgan fingerprint density at radius 2 is 2.17 bits per heavy atom. The van der Waals surface area contributed by atoms with Gasteiger partial charge in [0.2, 0.25) is 0 Å². The highest BCUT2D eigenvalue weighted by molar-refractivity contribution is 5.92. The Morgan fingerprint density at radius 3 is 2.50 bits per heavy atom. The van der Waals surface area contributed by atoms with E-state index < -0.39 is 6.23 Å². The minimum Gasteiger partial charge on any atom is -0.374 e. The van der Waals surface area contributed by atoms with E-state index in [1.54, 1.807) is 14.0 Å². The summed E-state index contributed by atoms with van der Waals surface area (Å²) in [6.45, 7) is 7.11. The van der Waals surface area contributed by atoms with Crippen molar-refractivity contribution in [1.29, 1.82) is 0 Å². The normalized spacial score (nSPS) is 12.3. The molecule has 70 valence electrons. The highest BCUT2D eigenvalue weighted by Gasteiger charge is 2.16. The Hall–Kier alpha value is -0.830. The van der Waals surface area contributed by atoms with E-state index in [1.807, 2.05) is 6.92 Å². The van der Waals surface area contributed by atoms with Gasteiger partial charge in [0.05, 0.1) is 0 Å². The largest absolute Gasteiger partial charge is 0.374 e. The number of amides is 1. The second-order valence-corrected chi connectivity index (χ2v) is 2.97. The predicted octanol–water partition coefficient (Wildman–Crippen LogP) is 1.14. The number of nitrogens with zero attached hydrogens (tertiary/aromatic N) is 1. The van der Waals surface area contributed by atoms with Crippen molar-refractivity contribution in [2.75, 3.05) is 7.05 Å². The molecule has 0 spiro atoms. The van der Waals surface area contributed by atoms with Crippen LogP contribution in [0.3, 0.4) is 0 Å². The molecule has 3 heteroatoms. The first kappa shape index (κ1) is 11.2. The summed E-state index contributed by atoms with van der Waals surface area (Å²) in [5.41, 5.74) is 0.452. The maximum Gasteiger partial charge on any atom is 0.250 e. The average Bonchev–Trinajstić information content (AvgIpc) is 2.02. The van der Waals surface area contributed by atoms with Crippen LogP contribution in [-0.4, -0.2) is 29.2 Å². The van der Waals surface area contributed by atoms with Gasteiger partial charge in [-0.25, -0.2) is 0 Å². The number of likely N-dealkylation sites (N-methyl/N-ethyl adjacent to an activating group) is 1. The molecule has 0 aromatic heterocycles. The van der Waals surface area contributed by atoms with E-state index in [0.717, 1.165) is 6.42 Å². The van der Waals surface area contributed by atoms with Crippen LogP contribution in [0, 0.1) is 0 Å². The van der Waals surface area contributed by atoms with Gasteiger partial charge in [0.25, 0.3) is 5.91 Å². The van der Waals surface area contributed by atoms with E-state index in [2.05, 4.69) is 6.58 Å². The summed E-state index contributed by atoms with van der Waals surface area (Å²) < 4.78 is 0. The molecule has 3 nitrogen and oxygen atoms in total. The van der Waals surface area contributed by atoms with Gasteiger partial charge in [-0.05, 0) is 13.3 Å². The third-order valence-corrected chi connectivity index (χ3v) is 1.68. The average molecular weight is 171 g/mol. The Bertz CT molecular complexity index is 177. The van der Waals surface area contributed by atoms with Crippen LogP contribution in [0.5, 0.6) is 0 Å². The Labute approximate surface area is 73.7 Å². The summed E-state index contributed by atoms with van der Waals surface area (Å²) in [5.74, 6) is -0.198. The maximum absolute atomic E-state index is 11.2. The van der Waals surface area contributed by atoms with Crippen LogP contribution in [0.1, 0.15) is 26.7 Å². The quantitative estimate of drug-likeness (QED) is 0.509. The molecule has 0 fully saturated rings. The van der Waals surface area contributed by atoms with Crippen LogP contribution in [0.4, 0.5) is 0 Å². The first-order valence-electron chi connectivity index (χ1n) is 4.11. The monoisotopic (exact) mass is 171 g/mol. The lowest BCUT2D eigenvalue weighted by Crippen LogP contribution is -2.37. The zero-order chi connectivity index (χ0) is 9.72. The molecule has 12 heavy (non-hydrogen) atoms. The molecule has 0 radical (unpaired) electrons. The van der Waals surface area contributed by atoms with E-state index in [1.165, 1.54) is 4.90 Å². The SMILES string of the molecule is C=C(C)C(=O)N(C)C(O)CCC. The van der Waals surface area contributed by atoms with Gasteiger partial charge in [0, 0.05) is 12.6 Å². The van der Waals surface area contributed by atoms with Gasteiger partial charge < -0.3 is 10.0 Å². The van der Waals surface area contributed by atoms with Crippen molar-refractivity contribution < 1.29 is 9.90 Å². The number of aliphatic hydroxyl groups is 1. The number of carbonyl (C=O) groups excluding carboxylic acids is 1. The first-order chi connectivity index (χ1) is 5.50. The van der Waals surface area contributed by atoms with Crippen molar-refractivity contribution in [3.05, 3.63) is 12.2 Å². The van der Waals surface area contributed by atoms with Gasteiger partial charge in [-0.2, -0.15) is 0 Å². The van der Waals surface area contributed by atoms with E-state index in [4.69, 9.17) is 0 Å². The molecule has 1 unspecified atom stereocenters. The summed E-state index contributed by atoms with van der Waals surface area (Å²) in [4.78, 5) is 12.5. The van der Waals surface area contributed by atoms with Gasteiger partial charge in [-0.15, -0.1) is 0 Å². The van der Waals surface area contributed by atoms with Crippen molar-refractivity contribution in [3.63, 3.8) is 0 Å². The molecule has 0 aromatic carbocycles.